The maximum Gasteiger partial charge on any atom is 0.160 e. The third kappa shape index (κ3) is 9.07. The average Bonchev–Trinajstić information content (AvgIpc) is 3.57. The summed E-state index contributed by atoms with van der Waals surface area (Å²) in [6, 6.07) is 88.5. The van der Waals surface area contributed by atoms with Crippen LogP contribution in [0.25, 0.3) is 123 Å². The first-order chi connectivity index (χ1) is 39.0. The minimum atomic E-state index is -0.115. The molecule has 3 unspecified atom stereocenters. The number of hydrogen-bond donors (Lipinski definition) is 0. The Bertz CT molecular complexity index is 4200. The molecule has 3 atom stereocenters. The van der Waals surface area contributed by atoms with Gasteiger partial charge in [-0.05, 0) is 92.9 Å². The van der Waals surface area contributed by atoms with E-state index in [1.165, 1.54) is 16.3 Å². The lowest BCUT2D eigenvalue weighted by atomic mass is 9.60. The van der Waals surface area contributed by atoms with Crippen molar-refractivity contribution in [2.45, 2.75) is 19.3 Å². The van der Waals surface area contributed by atoms with Crippen LogP contribution in [0.2, 0.25) is 0 Å². The molecule has 0 bridgehead atoms. The molecule has 0 aliphatic heterocycles. The predicted octanol–water partition coefficient (Wildman–Crippen LogP) is 19.4. The number of allylic oxidation sites excluding steroid dienone is 6. The largest absolute Gasteiger partial charge is 0.248 e. The van der Waals surface area contributed by atoms with Crippen molar-refractivity contribution in [3.05, 3.63) is 291 Å². The topological polar surface area (TPSA) is 51.6 Å². The van der Waals surface area contributed by atoms with Crippen molar-refractivity contribution in [2.75, 3.05) is 0 Å². The molecule has 4 nitrogen and oxygen atoms in total. The highest BCUT2D eigenvalue weighted by molar-refractivity contribution is 6.08. The van der Waals surface area contributed by atoms with Crippen molar-refractivity contribution in [2.24, 2.45) is 11.3 Å². The second-order valence-corrected chi connectivity index (χ2v) is 21.1. The van der Waals surface area contributed by atoms with Gasteiger partial charge in [0.15, 0.2) is 5.82 Å². The van der Waals surface area contributed by atoms with Gasteiger partial charge in [-0.25, -0.2) is 19.9 Å². The van der Waals surface area contributed by atoms with Crippen LogP contribution in [0.4, 0.5) is 0 Å². The third-order valence-corrected chi connectivity index (χ3v) is 16.3. The molecule has 9 aromatic carbocycles. The van der Waals surface area contributed by atoms with Crippen LogP contribution < -0.4 is 0 Å². The van der Waals surface area contributed by atoms with Crippen LogP contribution in [-0.2, 0) is 0 Å². The van der Waals surface area contributed by atoms with Crippen molar-refractivity contribution in [1.82, 2.24) is 19.9 Å². The first-order valence-corrected chi connectivity index (χ1v) is 27.3. The maximum absolute atomic E-state index is 5.68. The van der Waals surface area contributed by atoms with Gasteiger partial charge in [0, 0.05) is 55.7 Å². The van der Waals surface area contributed by atoms with E-state index in [4.69, 9.17) is 19.9 Å². The number of pyridine rings is 2. The SMILES string of the molecule is CC12C=CC=CC1C=CCC2c1cc(-c2cccc3ccccc23)c2nc(-c3ccc(-c4cc(-c5ccccc5)nc(-c5ccccc5)c4)cc3)nc(-c3ccc(-c4cc(-c5ccccc5)cc(-c5ccccc5)n4)cc3)c2c1. The number of nitrogens with zero attached hydrogens (tertiary/aromatic N) is 4. The van der Waals surface area contributed by atoms with Crippen LogP contribution in [0.1, 0.15) is 24.8 Å². The molecule has 4 heteroatoms. The Hall–Kier alpha value is -9.90. The van der Waals surface area contributed by atoms with E-state index in [9.17, 15) is 0 Å². The molecule has 0 radical (unpaired) electrons. The van der Waals surface area contributed by atoms with Gasteiger partial charge in [0.05, 0.1) is 34.0 Å². The molecule has 0 saturated carbocycles. The molecule has 0 N–H and O–H groups in total. The minimum absolute atomic E-state index is 0.115. The van der Waals surface area contributed by atoms with Gasteiger partial charge in [-0.3, -0.25) is 0 Å². The summed E-state index contributed by atoms with van der Waals surface area (Å²) in [5.41, 5.74) is 19.5. The van der Waals surface area contributed by atoms with Crippen molar-refractivity contribution in [1.29, 1.82) is 0 Å². The quantitative estimate of drug-likeness (QED) is 0.128. The van der Waals surface area contributed by atoms with Gasteiger partial charge >= 0.3 is 0 Å². The van der Waals surface area contributed by atoms with E-state index in [2.05, 4.69) is 280 Å². The molecule has 3 heterocycles. The van der Waals surface area contributed by atoms with Crippen LogP contribution in [0, 0.1) is 11.3 Å². The zero-order chi connectivity index (χ0) is 52.7. The highest BCUT2D eigenvalue weighted by atomic mass is 14.9. The molecule has 79 heavy (non-hydrogen) atoms. The van der Waals surface area contributed by atoms with Gasteiger partial charge in [0.25, 0.3) is 0 Å². The van der Waals surface area contributed by atoms with E-state index < -0.39 is 0 Å². The first kappa shape index (κ1) is 47.5. The van der Waals surface area contributed by atoms with Crippen LogP contribution in [-0.4, -0.2) is 19.9 Å². The zero-order valence-corrected chi connectivity index (χ0v) is 43.8. The van der Waals surface area contributed by atoms with Gasteiger partial charge in [-0.15, -0.1) is 0 Å². The lowest BCUT2D eigenvalue weighted by Crippen LogP contribution is -2.33. The molecule has 0 fully saturated rings. The Morgan fingerprint density at radius 3 is 1.47 bits per heavy atom. The number of aromatic nitrogens is 4. The summed E-state index contributed by atoms with van der Waals surface area (Å²) in [6.07, 6.45) is 14.9. The number of benzene rings is 9. The Morgan fingerprint density at radius 1 is 0.367 bits per heavy atom. The summed E-state index contributed by atoms with van der Waals surface area (Å²) in [5.74, 6) is 1.17. The summed E-state index contributed by atoms with van der Waals surface area (Å²) in [6.45, 7) is 2.43. The van der Waals surface area contributed by atoms with Crippen LogP contribution >= 0.6 is 0 Å². The fourth-order valence-electron chi connectivity index (χ4n) is 12.0. The second kappa shape index (κ2) is 20.2. The van der Waals surface area contributed by atoms with Crippen LogP contribution in [0.15, 0.2) is 285 Å². The first-order valence-electron chi connectivity index (χ1n) is 27.3. The molecule has 0 spiro atoms. The average molecular weight is 1010 g/mol. The molecule has 14 rings (SSSR count). The minimum Gasteiger partial charge on any atom is -0.248 e. The summed E-state index contributed by atoms with van der Waals surface area (Å²) in [7, 11) is 0. The van der Waals surface area contributed by atoms with Crippen molar-refractivity contribution < 1.29 is 0 Å². The molecule has 0 amide bonds. The van der Waals surface area contributed by atoms with Gasteiger partial charge in [0.2, 0.25) is 0 Å². The molecular weight excluding hydrogens is 957 g/mol. The normalized spacial score (nSPS) is 16.5. The monoisotopic (exact) mass is 1010 g/mol. The Kier molecular flexibility index (Phi) is 12.2. The van der Waals surface area contributed by atoms with E-state index in [1.54, 1.807) is 0 Å². The molecule has 12 aromatic rings. The molecule has 3 aromatic heterocycles. The highest BCUT2D eigenvalue weighted by Crippen LogP contribution is 2.53. The van der Waals surface area contributed by atoms with Gasteiger partial charge in [0.1, 0.15) is 0 Å². The number of hydrogen-bond acceptors (Lipinski definition) is 4. The lowest BCUT2D eigenvalue weighted by Gasteiger charge is -2.43. The second-order valence-electron chi connectivity index (χ2n) is 21.1. The van der Waals surface area contributed by atoms with Crippen LogP contribution in [0.3, 0.4) is 0 Å². The van der Waals surface area contributed by atoms with E-state index >= 15 is 0 Å². The van der Waals surface area contributed by atoms with Gasteiger partial charge in [-0.1, -0.05) is 256 Å². The Labute approximate surface area is 461 Å². The summed E-state index contributed by atoms with van der Waals surface area (Å²) < 4.78 is 0. The van der Waals surface area contributed by atoms with E-state index in [-0.39, 0.29) is 11.3 Å². The summed E-state index contributed by atoms with van der Waals surface area (Å²) in [4.78, 5) is 21.8. The highest BCUT2D eigenvalue weighted by Gasteiger charge is 2.41. The Morgan fingerprint density at radius 2 is 0.861 bits per heavy atom. The third-order valence-electron chi connectivity index (χ3n) is 16.3. The predicted molar refractivity (Wildman–Crippen MR) is 328 cm³/mol. The molecule has 2 aliphatic rings. The molecular formula is C75H54N4. The fraction of sp³-hybridized carbons (Fsp3) is 0.0667. The fourth-order valence-corrected chi connectivity index (χ4v) is 12.0. The number of fused-ring (bicyclic) bond motifs is 3. The molecule has 374 valence electrons. The van der Waals surface area contributed by atoms with Crippen molar-refractivity contribution in [3.63, 3.8) is 0 Å². The van der Waals surface area contributed by atoms with Gasteiger partial charge in [-0.2, -0.15) is 0 Å². The van der Waals surface area contributed by atoms with E-state index in [0.29, 0.717) is 11.7 Å². The molecule has 2 aliphatic carbocycles. The summed E-state index contributed by atoms with van der Waals surface area (Å²) >= 11 is 0. The molecule has 0 saturated heterocycles. The smallest absolute Gasteiger partial charge is 0.160 e. The standard InChI is InChI=1S/C75H54N4/c1-75-43-17-16-30-62(75)31-19-34-67(75)61-44-65(64-33-18-29-52-22-14-15-32-63(52)64)73-66(45-61)72(57-39-37-56(38-40-57)71-47-59(50-20-6-2-7-21-50)46-68(77-71)53-23-8-3-9-24-53)78-74(79-73)58-41-35-51(36-42-58)60-48-69(54-25-10-4-11-26-54)76-70(49-60)55-27-12-5-13-28-55/h2-33,35-49,62,67H,34H2,1H3. The number of rotatable bonds is 10. The summed E-state index contributed by atoms with van der Waals surface area (Å²) in [5, 5.41) is 3.40. The lowest BCUT2D eigenvalue weighted by molar-refractivity contribution is 0.266. The van der Waals surface area contributed by atoms with Crippen molar-refractivity contribution >= 4 is 21.7 Å². The van der Waals surface area contributed by atoms with Crippen LogP contribution in [0.5, 0.6) is 0 Å². The van der Waals surface area contributed by atoms with E-state index in [1.807, 2.05) is 12.1 Å². The zero-order valence-electron chi connectivity index (χ0n) is 43.8. The van der Waals surface area contributed by atoms with Gasteiger partial charge < -0.3 is 0 Å². The maximum atomic E-state index is 5.68. The van der Waals surface area contributed by atoms with E-state index in [0.717, 1.165) is 113 Å². The van der Waals surface area contributed by atoms with Crippen molar-refractivity contribution in [3.8, 4) is 101 Å². The Balaban J connectivity index is 0.959.